The largest absolute Gasteiger partial charge is 0.389 e. The summed E-state index contributed by atoms with van der Waals surface area (Å²) in [7, 11) is 0. The molecule has 3 rings (SSSR count). The molecule has 3 nitrogen and oxygen atoms in total. The zero-order chi connectivity index (χ0) is 13.4. The van der Waals surface area contributed by atoms with Gasteiger partial charge in [0.05, 0.1) is 12.1 Å². The first-order chi connectivity index (χ1) is 9.15. The molecular weight excluding hydrogens is 280 g/mol. The van der Waals surface area contributed by atoms with Crippen molar-refractivity contribution in [1.29, 1.82) is 0 Å². The van der Waals surface area contributed by atoms with E-state index in [0.29, 0.717) is 28.1 Å². The Balaban J connectivity index is 1.81. The van der Waals surface area contributed by atoms with E-state index in [0.717, 1.165) is 24.3 Å². The number of benzene rings is 1. The van der Waals surface area contributed by atoms with Crippen LogP contribution in [0.25, 0.3) is 0 Å². The van der Waals surface area contributed by atoms with Gasteiger partial charge in [-0.1, -0.05) is 23.8 Å². The summed E-state index contributed by atoms with van der Waals surface area (Å²) in [5, 5.41) is 4.21. The average Bonchev–Trinajstić information content (AvgIpc) is 3.10. The standard InChI is InChI=1S/C14H17ClN2OS/c15-9-3-4-10(14(16)19)12(7-9)17-11-5-6-18-13(11)8-1-2-8/h3-4,7-8,11,13,17H,1-2,5-6H2,(H2,16,19). The summed E-state index contributed by atoms with van der Waals surface area (Å²) in [5.41, 5.74) is 7.53. The fourth-order valence-electron chi connectivity index (χ4n) is 2.71. The number of nitrogens with one attached hydrogen (secondary N) is 1. The van der Waals surface area contributed by atoms with E-state index in [9.17, 15) is 0 Å². The van der Waals surface area contributed by atoms with Crippen molar-refractivity contribution < 1.29 is 4.74 Å². The van der Waals surface area contributed by atoms with Crippen LogP contribution in [-0.4, -0.2) is 23.7 Å². The van der Waals surface area contributed by atoms with Crippen LogP contribution in [0.15, 0.2) is 18.2 Å². The lowest BCUT2D eigenvalue weighted by Crippen LogP contribution is -2.31. The summed E-state index contributed by atoms with van der Waals surface area (Å²) >= 11 is 11.2. The predicted octanol–water partition coefficient (Wildman–Crippen LogP) is 2.95. The molecule has 2 fully saturated rings. The highest BCUT2D eigenvalue weighted by atomic mass is 35.5. The van der Waals surface area contributed by atoms with Gasteiger partial charge in [-0.25, -0.2) is 0 Å². The van der Waals surface area contributed by atoms with Crippen LogP contribution in [0.3, 0.4) is 0 Å². The van der Waals surface area contributed by atoms with Crippen LogP contribution in [0.5, 0.6) is 0 Å². The van der Waals surface area contributed by atoms with E-state index < -0.39 is 0 Å². The van der Waals surface area contributed by atoms with Gasteiger partial charge in [-0.05, 0) is 43.4 Å². The van der Waals surface area contributed by atoms with Gasteiger partial charge in [-0.3, -0.25) is 0 Å². The topological polar surface area (TPSA) is 47.3 Å². The lowest BCUT2D eigenvalue weighted by Gasteiger charge is -2.22. The minimum Gasteiger partial charge on any atom is -0.389 e. The molecule has 2 atom stereocenters. The zero-order valence-corrected chi connectivity index (χ0v) is 12.1. The Morgan fingerprint density at radius 3 is 2.84 bits per heavy atom. The lowest BCUT2D eigenvalue weighted by molar-refractivity contribution is 0.0898. The summed E-state index contributed by atoms with van der Waals surface area (Å²) < 4.78 is 5.83. The number of hydrogen-bond acceptors (Lipinski definition) is 3. The molecule has 1 saturated heterocycles. The first-order valence-corrected chi connectivity index (χ1v) is 7.41. The Labute approximate surface area is 123 Å². The minimum atomic E-state index is 0.318. The third kappa shape index (κ3) is 2.86. The fraction of sp³-hybridized carbons (Fsp3) is 0.500. The van der Waals surface area contributed by atoms with Gasteiger partial charge in [0.2, 0.25) is 0 Å². The third-order valence-electron chi connectivity index (χ3n) is 3.81. The van der Waals surface area contributed by atoms with E-state index in [1.807, 2.05) is 18.2 Å². The second-order valence-electron chi connectivity index (χ2n) is 5.27. The van der Waals surface area contributed by atoms with E-state index in [2.05, 4.69) is 5.32 Å². The first-order valence-electron chi connectivity index (χ1n) is 6.62. The van der Waals surface area contributed by atoms with Crippen LogP contribution in [0.4, 0.5) is 5.69 Å². The molecule has 1 aliphatic carbocycles. The van der Waals surface area contributed by atoms with Gasteiger partial charge < -0.3 is 15.8 Å². The summed E-state index contributed by atoms with van der Waals surface area (Å²) in [4.78, 5) is 0.390. The van der Waals surface area contributed by atoms with Gasteiger partial charge in [-0.2, -0.15) is 0 Å². The van der Waals surface area contributed by atoms with Crippen LogP contribution in [0.1, 0.15) is 24.8 Å². The molecule has 5 heteroatoms. The van der Waals surface area contributed by atoms with Crippen molar-refractivity contribution in [3.8, 4) is 0 Å². The highest BCUT2D eigenvalue weighted by molar-refractivity contribution is 7.80. The van der Waals surface area contributed by atoms with E-state index in [1.165, 1.54) is 12.8 Å². The van der Waals surface area contributed by atoms with Gasteiger partial charge in [0.15, 0.2) is 0 Å². The van der Waals surface area contributed by atoms with Gasteiger partial charge >= 0.3 is 0 Å². The Kier molecular flexibility index (Phi) is 3.65. The van der Waals surface area contributed by atoms with Crippen molar-refractivity contribution >= 4 is 34.5 Å². The number of rotatable bonds is 4. The molecule has 1 aromatic carbocycles. The molecule has 3 N–H and O–H groups in total. The van der Waals surface area contributed by atoms with E-state index in [1.54, 1.807) is 0 Å². The lowest BCUT2D eigenvalue weighted by atomic mass is 10.0. The monoisotopic (exact) mass is 296 g/mol. The van der Waals surface area contributed by atoms with Crippen molar-refractivity contribution in [2.75, 3.05) is 11.9 Å². The molecule has 0 spiro atoms. The summed E-state index contributed by atoms with van der Waals surface area (Å²) in [6.07, 6.45) is 3.89. The molecule has 0 amide bonds. The quantitative estimate of drug-likeness (QED) is 0.839. The molecule has 102 valence electrons. The van der Waals surface area contributed by atoms with E-state index >= 15 is 0 Å². The Hall–Kier alpha value is -0.840. The van der Waals surface area contributed by atoms with E-state index in [4.69, 9.17) is 34.3 Å². The Morgan fingerprint density at radius 2 is 2.16 bits per heavy atom. The highest BCUT2D eigenvalue weighted by Gasteiger charge is 2.40. The number of ether oxygens (including phenoxy) is 1. The molecule has 1 saturated carbocycles. The molecular formula is C14H17ClN2OS. The summed E-state index contributed by atoms with van der Waals surface area (Å²) in [5.74, 6) is 0.715. The number of halogens is 1. The maximum absolute atomic E-state index is 6.06. The van der Waals surface area contributed by atoms with E-state index in [-0.39, 0.29) is 0 Å². The average molecular weight is 297 g/mol. The maximum Gasteiger partial charge on any atom is 0.106 e. The molecule has 1 aliphatic heterocycles. The normalized spacial score (nSPS) is 26.4. The molecule has 2 aliphatic rings. The zero-order valence-electron chi connectivity index (χ0n) is 10.6. The maximum atomic E-state index is 6.06. The van der Waals surface area contributed by atoms with Crippen LogP contribution in [-0.2, 0) is 4.74 Å². The van der Waals surface area contributed by atoms with Crippen LogP contribution in [0, 0.1) is 5.92 Å². The summed E-state index contributed by atoms with van der Waals surface area (Å²) in [6, 6.07) is 5.90. The molecule has 19 heavy (non-hydrogen) atoms. The molecule has 0 bridgehead atoms. The minimum absolute atomic E-state index is 0.318. The fourth-order valence-corrected chi connectivity index (χ4v) is 3.06. The number of thiocarbonyl (C=S) groups is 1. The number of hydrogen-bond donors (Lipinski definition) is 2. The molecule has 0 radical (unpaired) electrons. The highest BCUT2D eigenvalue weighted by Crippen LogP contribution is 2.40. The SMILES string of the molecule is NC(=S)c1ccc(Cl)cc1NC1CCOC1C1CC1. The van der Waals surface area contributed by atoms with Crippen molar-refractivity contribution in [2.24, 2.45) is 11.7 Å². The van der Waals surface area contributed by atoms with Crippen LogP contribution >= 0.6 is 23.8 Å². The van der Waals surface area contributed by atoms with Crippen LogP contribution < -0.4 is 11.1 Å². The smallest absolute Gasteiger partial charge is 0.106 e. The molecule has 2 unspecified atom stereocenters. The van der Waals surface area contributed by atoms with Crippen LogP contribution in [0.2, 0.25) is 5.02 Å². The second-order valence-corrected chi connectivity index (χ2v) is 6.14. The first kappa shape index (κ1) is 13.2. The van der Waals surface area contributed by atoms with Crippen molar-refractivity contribution in [1.82, 2.24) is 0 Å². The molecule has 1 aromatic rings. The van der Waals surface area contributed by atoms with Gasteiger partial charge in [0, 0.05) is 22.9 Å². The number of nitrogens with two attached hydrogens (primary N) is 1. The Morgan fingerprint density at radius 1 is 1.37 bits per heavy atom. The Bertz CT molecular complexity index is 504. The van der Waals surface area contributed by atoms with Crippen molar-refractivity contribution in [3.63, 3.8) is 0 Å². The van der Waals surface area contributed by atoms with Crippen molar-refractivity contribution in [3.05, 3.63) is 28.8 Å². The third-order valence-corrected chi connectivity index (χ3v) is 4.27. The van der Waals surface area contributed by atoms with Crippen molar-refractivity contribution in [2.45, 2.75) is 31.4 Å². The van der Waals surface area contributed by atoms with Gasteiger partial charge in [0.1, 0.15) is 4.99 Å². The molecule has 1 heterocycles. The molecule has 0 aromatic heterocycles. The summed E-state index contributed by atoms with van der Waals surface area (Å²) in [6.45, 7) is 0.821. The second kappa shape index (κ2) is 5.27. The predicted molar refractivity (Wildman–Crippen MR) is 81.8 cm³/mol. The number of anilines is 1. The van der Waals surface area contributed by atoms with Gasteiger partial charge in [-0.15, -0.1) is 0 Å². The van der Waals surface area contributed by atoms with Gasteiger partial charge in [0.25, 0.3) is 0 Å².